The lowest BCUT2D eigenvalue weighted by Crippen LogP contribution is -2.22. The quantitative estimate of drug-likeness (QED) is 0.308. The number of fused-ring (bicyclic) bond motifs is 3. The fourth-order valence-corrected chi connectivity index (χ4v) is 4.77. The molecule has 4 rings (SSSR count). The highest BCUT2D eigenvalue weighted by Gasteiger charge is 2.17. The van der Waals surface area contributed by atoms with Crippen LogP contribution in [-0.4, -0.2) is 58.3 Å². The molecular weight excluding hydrogens is 438 g/mol. The van der Waals surface area contributed by atoms with Gasteiger partial charge in [-0.1, -0.05) is 23.9 Å². The van der Waals surface area contributed by atoms with Crippen LogP contribution in [0.15, 0.2) is 63.4 Å². The molecule has 0 amide bonds. The van der Waals surface area contributed by atoms with E-state index in [-0.39, 0.29) is 10.5 Å². The second-order valence-corrected chi connectivity index (χ2v) is 10.2. The van der Waals surface area contributed by atoms with E-state index in [1.807, 2.05) is 22.6 Å². The van der Waals surface area contributed by atoms with Gasteiger partial charge in [-0.05, 0) is 36.4 Å². The van der Waals surface area contributed by atoms with E-state index in [0.717, 1.165) is 5.52 Å². The van der Waals surface area contributed by atoms with E-state index in [9.17, 15) is 13.2 Å². The van der Waals surface area contributed by atoms with Crippen LogP contribution in [0.1, 0.15) is 0 Å². The Morgan fingerprint density at radius 3 is 2.48 bits per heavy atom. The molecule has 0 aliphatic carbocycles. The first-order valence-electron chi connectivity index (χ1n) is 9.42. The average molecular weight is 460 g/mol. The highest BCUT2D eigenvalue weighted by Crippen LogP contribution is 2.22. The van der Waals surface area contributed by atoms with Gasteiger partial charge in [0.1, 0.15) is 5.75 Å². The lowest BCUT2D eigenvalue weighted by molar-refractivity contribution is 0.343. The SMILES string of the molecule is CN(C)S(=O)(=O)c1ccc(OCCSc2nnc3n(C)c(=O)c4ccccc4n23)cc1. The van der Waals surface area contributed by atoms with Crippen LogP contribution < -0.4 is 10.3 Å². The Hall–Kier alpha value is -2.89. The summed E-state index contributed by atoms with van der Waals surface area (Å²) in [6.07, 6.45) is 0. The molecule has 0 spiro atoms. The van der Waals surface area contributed by atoms with Crippen molar-refractivity contribution in [3.05, 3.63) is 58.9 Å². The minimum atomic E-state index is -3.46. The van der Waals surface area contributed by atoms with Crippen molar-refractivity contribution in [2.45, 2.75) is 10.1 Å². The summed E-state index contributed by atoms with van der Waals surface area (Å²) in [5.41, 5.74) is 0.641. The second-order valence-electron chi connectivity index (χ2n) is 6.96. The Balaban J connectivity index is 1.47. The third kappa shape index (κ3) is 3.91. The van der Waals surface area contributed by atoms with Crippen LogP contribution in [0.2, 0.25) is 0 Å². The lowest BCUT2D eigenvalue weighted by atomic mass is 10.2. The van der Waals surface area contributed by atoms with E-state index in [1.165, 1.54) is 46.9 Å². The average Bonchev–Trinajstić information content (AvgIpc) is 3.19. The largest absolute Gasteiger partial charge is 0.493 e. The summed E-state index contributed by atoms with van der Waals surface area (Å²) in [5.74, 6) is 1.65. The highest BCUT2D eigenvalue weighted by atomic mass is 32.2. The maximum atomic E-state index is 12.5. The summed E-state index contributed by atoms with van der Waals surface area (Å²) in [7, 11) is 1.20. The first kappa shape index (κ1) is 21.3. The number of rotatable bonds is 7. The van der Waals surface area contributed by atoms with E-state index in [4.69, 9.17) is 4.74 Å². The van der Waals surface area contributed by atoms with Crippen LogP contribution >= 0.6 is 11.8 Å². The molecule has 0 unspecified atom stereocenters. The number of aryl methyl sites for hydroxylation is 1. The molecule has 9 nitrogen and oxygen atoms in total. The van der Waals surface area contributed by atoms with Crippen molar-refractivity contribution in [1.29, 1.82) is 0 Å². The Labute approximate surface area is 183 Å². The van der Waals surface area contributed by atoms with Crippen LogP contribution in [0.3, 0.4) is 0 Å². The van der Waals surface area contributed by atoms with Crippen molar-refractivity contribution in [2.24, 2.45) is 7.05 Å². The van der Waals surface area contributed by atoms with Gasteiger partial charge in [0.15, 0.2) is 5.16 Å². The molecule has 2 aromatic carbocycles. The van der Waals surface area contributed by atoms with Crippen LogP contribution in [-0.2, 0) is 17.1 Å². The molecule has 0 saturated heterocycles. The minimum absolute atomic E-state index is 0.116. The van der Waals surface area contributed by atoms with Gasteiger partial charge in [-0.25, -0.2) is 12.7 Å². The van der Waals surface area contributed by atoms with Gasteiger partial charge in [-0.15, -0.1) is 10.2 Å². The molecule has 31 heavy (non-hydrogen) atoms. The zero-order chi connectivity index (χ0) is 22.2. The molecule has 0 aliphatic rings. The van der Waals surface area contributed by atoms with Gasteiger partial charge in [-0.2, -0.15) is 0 Å². The summed E-state index contributed by atoms with van der Waals surface area (Å²) in [6.45, 7) is 0.392. The lowest BCUT2D eigenvalue weighted by Gasteiger charge is -2.12. The van der Waals surface area contributed by atoms with Gasteiger partial charge in [0, 0.05) is 26.9 Å². The predicted molar refractivity (Wildman–Crippen MR) is 119 cm³/mol. The van der Waals surface area contributed by atoms with Crippen LogP contribution in [0.25, 0.3) is 16.7 Å². The Bertz CT molecular complexity index is 1410. The standard InChI is InChI=1S/C20H21N5O4S2/c1-23(2)31(27,28)15-10-8-14(9-11-15)29-12-13-30-20-22-21-19-24(3)18(26)16-6-4-5-7-17(16)25(19)20/h4-11H,12-13H2,1-3H3. The van der Waals surface area contributed by atoms with Crippen molar-refractivity contribution < 1.29 is 13.2 Å². The van der Waals surface area contributed by atoms with E-state index in [0.29, 0.717) is 34.4 Å². The van der Waals surface area contributed by atoms with Gasteiger partial charge < -0.3 is 4.74 Å². The van der Waals surface area contributed by atoms with Gasteiger partial charge in [-0.3, -0.25) is 13.8 Å². The first-order chi connectivity index (χ1) is 14.8. The number of aromatic nitrogens is 4. The monoisotopic (exact) mass is 459 g/mol. The van der Waals surface area contributed by atoms with E-state index >= 15 is 0 Å². The molecule has 0 fully saturated rings. The molecule has 162 valence electrons. The molecule has 2 aromatic heterocycles. The molecule has 11 heteroatoms. The summed E-state index contributed by atoms with van der Waals surface area (Å²) in [5, 5.41) is 9.67. The molecular formula is C20H21N5O4S2. The van der Waals surface area contributed by atoms with Crippen LogP contribution in [0.4, 0.5) is 0 Å². The van der Waals surface area contributed by atoms with Gasteiger partial charge in [0.2, 0.25) is 15.8 Å². The number of thioether (sulfide) groups is 1. The zero-order valence-electron chi connectivity index (χ0n) is 17.2. The van der Waals surface area contributed by atoms with E-state index < -0.39 is 10.0 Å². The number of benzene rings is 2. The zero-order valence-corrected chi connectivity index (χ0v) is 18.9. The van der Waals surface area contributed by atoms with Crippen molar-refractivity contribution in [2.75, 3.05) is 26.5 Å². The van der Waals surface area contributed by atoms with E-state index in [2.05, 4.69) is 10.2 Å². The smallest absolute Gasteiger partial charge is 0.262 e. The summed E-state index contributed by atoms with van der Waals surface area (Å²) in [6, 6.07) is 13.7. The molecule has 0 atom stereocenters. The Kier molecular flexibility index (Phi) is 5.73. The summed E-state index contributed by atoms with van der Waals surface area (Å²) < 4.78 is 34.5. The molecule has 0 bridgehead atoms. The fraction of sp³-hybridized carbons (Fsp3) is 0.250. The van der Waals surface area contributed by atoms with Crippen LogP contribution in [0, 0.1) is 0 Å². The third-order valence-electron chi connectivity index (χ3n) is 4.78. The molecule has 2 heterocycles. The number of nitrogens with zero attached hydrogens (tertiary/aromatic N) is 5. The highest BCUT2D eigenvalue weighted by molar-refractivity contribution is 7.99. The molecule has 0 aliphatic heterocycles. The van der Waals surface area contributed by atoms with Crippen molar-refractivity contribution in [1.82, 2.24) is 23.5 Å². The number of ether oxygens (including phenoxy) is 1. The summed E-state index contributed by atoms with van der Waals surface area (Å²) in [4.78, 5) is 12.7. The number of hydrogen-bond acceptors (Lipinski definition) is 7. The Morgan fingerprint density at radius 2 is 1.77 bits per heavy atom. The van der Waals surface area contributed by atoms with Gasteiger partial charge in [0.25, 0.3) is 5.56 Å². The van der Waals surface area contributed by atoms with Crippen molar-refractivity contribution in [3.8, 4) is 5.75 Å². The predicted octanol–water partition coefficient (Wildman–Crippen LogP) is 2.00. The third-order valence-corrected chi connectivity index (χ3v) is 7.50. The second kappa shape index (κ2) is 8.33. The fourth-order valence-electron chi connectivity index (χ4n) is 3.12. The topological polar surface area (TPSA) is 98.8 Å². The number of hydrogen-bond donors (Lipinski definition) is 0. The van der Waals surface area contributed by atoms with E-state index in [1.54, 1.807) is 25.2 Å². The molecule has 0 radical (unpaired) electrons. The number of sulfonamides is 1. The number of para-hydroxylation sites is 1. The molecule has 0 N–H and O–H groups in total. The normalized spacial score (nSPS) is 12.1. The maximum absolute atomic E-state index is 12.5. The molecule has 4 aromatic rings. The first-order valence-corrected chi connectivity index (χ1v) is 11.8. The summed E-state index contributed by atoms with van der Waals surface area (Å²) >= 11 is 1.46. The maximum Gasteiger partial charge on any atom is 0.262 e. The minimum Gasteiger partial charge on any atom is -0.493 e. The Morgan fingerprint density at radius 1 is 1.06 bits per heavy atom. The molecule has 0 saturated carbocycles. The van der Waals surface area contributed by atoms with Crippen LogP contribution in [0.5, 0.6) is 5.75 Å². The van der Waals surface area contributed by atoms with Crippen molar-refractivity contribution >= 4 is 38.5 Å². The van der Waals surface area contributed by atoms with Crippen molar-refractivity contribution in [3.63, 3.8) is 0 Å². The van der Waals surface area contributed by atoms with Gasteiger partial charge in [0.05, 0.1) is 22.4 Å². The van der Waals surface area contributed by atoms with Gasteiger partial charge >= 0.3 is 0 Å².